The predicted molar refractivity (Wildman–Crippen MR) is 98.9 cm³/mol. The van der Waals surface area contributed by atoms with Crippen LogP contribution in [0.3, 0.4) is 0 Å². The highest BCUT2D eigenvalue weighted by Gasteiger charge is 2.43. The molecule has 2 atom stereocenters. The summed E-state index contributed by atoms with van der Waals surface area (Å²) in [6.45, 7) is 2.25. The van der Waals surface area contributed by atoms with Crippen LogP contribution in [0.5, 0.6) is 0 Å². The molecular formula is C21H21N3O3. The van der Waals surface area contributed by atoms with Crippen molar-refractivity contribution in [2.45, 2.75) is 38.3 Å². The van der Waals surface area contributed by atoms with E-state index in [-0.39, 0.29) is 11.9 Å². The minimum Gasteiger partial charge on any atom is -0.334 e. The molecule has 1 saturated heterocycles. The molecule has 0 spiro atoms. The molecule has 6 heteroatoms. The van der Waals surface area contributed by atoms with Gasteiger partial charge in [-0.2, -0.15) is 0 Å². The molecule has 2 aliphatic heterocycles. The Hall–Kier alpha value is -3.02. The molecule has 4 rings (SSSR count). The minimum atomic E-state index is -0.838. The summed E-state index contributed by atoms with van der Waals surface area (Å²) < 4.78 is 0. The molecule has 0 saturated carbocycles. The molecule has 2 aliphatic rings. The Labute approximate surface area is 157 Å². The predicted octanol–water partition coefficient (Wildman–Crippen LogP) is 2.82. The lowest BCUT2D eigenvalue weighted by atomic mass is 9.95. The van der Waals surface area contributed by atoms with Crippen molar-refractivity contribution in [3.63, 3.8) is 0 Å². The highest BCUT2D eigenvalue weighted by Crippen LogP contribution is 2.32. The number of imide groups is 1. The number of hydrogen-bond donors (Lipinski definition) is 0. The molecule has 138 valence electrons. The van der Waals surface area contributed by atoms with Gasteiger partial charge >= 0.3 is 0 Å². The van der Waals surface area contributed by atoms with Crippen molar-refractivity contribution >= 4 is 17.7 Å². The van der Waals surface area contributed by atoms with Gasteiger partial charge in [0, 0.05) is 18.9 Å². The number of carbonyl (C=O) groups is 3. The smallest absolute Gasteiger partial charge is 0.262 e. The van der Waals surface area contributed by atoms with Gasteiger partial charge in [-0.15, -0.1) is 0 Å². The van der Waals surface area contributed by atoms with E-state index in [0.29, 0.717) is 17.7 Å². The number of aromatic nitrogens is 1. The second-order valence-corrected chi connectivity index (χ2v) is 7.03. The van der Waals surface area contributed by atoms with Crippen LogP contribution in [0.2, 0.25) is 0 Å². The fraction of sp³-hybridized carbons (Fsp3) is 0.333. The zero-order chi connectivity index (χ0) is 19.0. The second kappa shape index (κ2) is 6.95. The van der Waals surface area contributed by atoms with Crippen LogP contribution in [0.4, 0.5) is 0 Å². The summed E-state index contributed by atoms with van der Waals surface area (Å²) in [5, 5.41) is 0. The van der Waals surface area contributed by atoms with E-state index in [1.54, 1.807) is 48.5 Å². The van der Waals surface area contributed by atoms with E-state index in [2.05, 4.69) is 4.98 Å². The summed E-state index contributed by atoms with van der Waals surface area (Å²) in [7, 11) is 0. The molecule has 2 aromatic rings. The van der Waals surface area contributed by atoms with Gasteiger partial charge in [-0.1, -0.05) is 18.2 Å². The first-order valence-corrected chi connectivity index (χ1v) is 9.27. The maximum Gasteiger partial charge on any atom is 0.262 e. The van der Waals surface area contributed by atoms with Crippen molar-refractivity contribution in [1.29, 1.82) is 0 Å². The lowest BCUT2D eigenvalue weighted by Crippen LogP contribution is -2.51. The van der Waals surface area contributed by atoms with Gasteiger partial charge in [0.2, 0.25) is 5.91 Å². The normalized spacial score (nSPS) is 20.6. The van der Waals surface area contributed by atoms with Gasteiger partial charge in [-0.05, 0) is 49.9 Å². The van der Waals surface area contributed by atoms with Crippen LogP contribution in [0.25, 0.3) is 0 Å². The lowest BCUT2D eigenvalue weighted by molar-refractivity contribution is -0.138. The van der Waals surface area contributed by atoms with Crippen LogP contribution in [0.15, 0.2) is 48.8 Å². The maximum absolute atomic E-state index is 13.3. The standard InChI is InChI=1S/C21H21N3O3/c1-14(24-20(26)16-8-2-3-9-17(16)21(24)27)19(25)23-12-5-4-10-18(23)15-7-6-11-22-13-15/h2-3,6-9,11,13-14,18H,4-5,10,12H2,1H3/t14-,18+/m1/s1. The Morgan fingerprint density at radius 3 is 2.41 bits per heavy atom. The van der Waals surface area contributed by atoms with Crippen molar-refractivity contribution in [3.05, 3.63) is 65.5 Å². The third-order valence-electron chi connectivity index (χ3n) is 5.43. The Balaban J connectivity index is 1.60. The van der Waals surface area contributed by atoms with E-state index in [1.807, 2.05) is 12.1 Å². The van der Waals surface area contributed by atoms with Gasteiger partial charge in [-0.25, -0.2) is 0 Å². The summed E-state index contributed by atoms with van der Waals surface area (Å²) in [6, 6.07) is 9.63. The SMILES string of the molecule is C[C@H](C(=O)N1CCCC[C@H]1c1cccnc1)N1C(=O)c2ccccc2C1=O. The topological polar surface area (TPSA) is 70.6 Å². The van der Waals surface area contributed by atoms with Crippen molar-refractivity contribution < 1.29 is 14.4 Å². The molecule has 3 heterocycles. The molecule has 0 radical (unpaired) electrons. The maximum atomic E-state index is 13.3. The molecule has 0 aliphatic carbocycles. The van der Waals surface area contributed by atoms with E-state index in [0.717, 1.165) is 29.7 Å². The summed E-state index contributed by atoms with van der Waals surface area (Å²) in [6.07, 6.45) is 6.29. The minimum absolute atomic E-state index is 0.0717. The van der Waals surface area contributed by atoms with E-state index in [1.165, 1.54) is 0 Å². The number of piperidine rings is 1. The highest BCUT2D eigenvalue weighted by molar-refractivity contribution is 6.22. The number of rotatable bonds is 3. The molecule has 0 bridgehead atoms. The Kier molecular flexibility index (Phi) is 4.48. The first-order valence-electron chi connectivity index (χ1n) is 9.27. The average molecular weight is 363 g/mol. The number of amides is 3. The van der Waals surface area contributed by atoms with E-state index < -0.39 is 17.9 Å². The summed E-state index contributed by atoms with van der Waals surface area (Å²) in [4.78, 5) is 45.8. The molecule has 1 fully saturated rings. The second-order valence-electron chi connectivity index (χ2n) is 7.03. The summed E-state index contributed by atoms with van der Waals surface area (Å²) in [5.74, 6) is -0.990. The number of nitrogens with zero attached hydrogens (tertiary/aromatic N) is 3. The molecule has 1 aromatic carbocycles. The van der Waals surface area contributed by atoms with Crippen molar-refractivity contribution in [3.8, 4) is 0 Å². The monoisotopic (exact) mass is 363 g/mol. The van der Waals surface area contributed by atoms with Crippen LogP contribution >= 0.6 is 0 Å². The third kappa shape index (κ3) is 2.91. The van der Waals surface area contributed by atoms with Crippen LogP contribution in [0, 0.1) is 0 Å². The third-order valence-corrected chi connectivity index (χ3v) is 5.43. The molecule has 0 unspecified atom stereocenters. The quantitative estimate of drug-likeness (QED) is 0.786. The lowest BCUT2D eigenvalue weighted by Gasteiger charge is -2.38. The van der Waals surface area contributed by atoms with Gasteiger partial charge in [-0.3, -0.25) is 24.3 Å². The number of hydrogen-bond acceptors (Lipinski definition) is 4. The number of pyridine rings is 1. The van der Waals surface area contributed by atoms with Gasteiger partial charge in [0.25, 0.3) is 11.8 Å². The molecule has 0 N–H and O–H groups in total. The fourth-order valence-electron chi connectivity index (χ4n) is 4.03. The van der Waals surface area contributed by atoms with Crippen LogP contribution < -0.4 is 0 Å². The molecule has 1 aromatic heterocycles. The number of benzene rings is 1. The molecular weight excluding hydrogens is 342 g/mol. The van der Waals surface area contributed by atoms with Gasteiger partial charge in [0.15, 0.2) is 0 Å². The summed E-state index contributed by atoms with van der Waals surface area (Å²) >= 11 is 0. The number of likely N-dealkylation sites (tertiary alicyclic amines) is 1. The number of carbonyl (C=O) groups excluding carboxylic acids is 3. The zero-order valence-electron chi connectivity index (χ0n) is 15.2. The Bertz CT molecular complexity index is 862. The molecule has 3 amide bonds. The average Bonchev–Trinajstić information content (AvgIpc) is 2.98. The van der Waals surface area contributed by atoms with Gasteiger partial charge < -0.3 is 4.90 Å². The van der Waals surface area contributed by atoms with Crippen molar-refractivity contribution in [2.75, 3.05) is 6.54 Å². The molecule has 6 nitrogen and oxygen atoms in total. The largest absolute Gasteiger partial charge is 0.334 e. The zero-order valence-corrected chi connectivity index (χ0v) is 15.2. The van der Waals surface area contributed by atoms with Crippen LogP contribution in [-0.4, -0.2) is 45.1 Å². The van der Waals surface area contributed by atoms with Crippen LogP contribution in [0.1, 0.15) is 58.5 Å². The first-order chi connectivity index (χ1) is 13.1. The Morgan fingerprint density at radius 2 is 1.78 bits per heavy atom. The summed E-state index contributed by atoms with van der Waals surface area (Å²) in [5.41, 5.74) is 1.72. The van der Waals surface area contributed by atoms with Gasteiger partial charge in [0.05, 0.1) is 17.2 Å². The van der Waals surface area contributed by atoms with Crippen LogP contribution in [-0.2, 0) is 4.79 Å². The number of fused-ring (bicyclic) bond motifs is 1. The highest BCUT2D eigenvalue weighted by atomic mass is 16.2. The molecule has 27 heavy (non-hydrogen) atoms. The van der Waals surface area contributed by atoms with E-state index in [4.69, 9.17) is 0 Å². The fourth-order valence-corrected chi connectivity index (χ4v) is 4.03. The van der Waals surface area contributed by atoms with E-state index in [9.17, 15) is 14.4 Å². The van der Waals surface area contributed by atoms with Gasteiger partial charge in [0.1, 0.15) is 6.04 Å². The van der Waals surface area contributed by atoms with E-state index >= 15 is 0 Å². The van der Waals surface area contributed by atoms with Crippen molar-refractivity contribution in [2.24, 2.45) is 0 Å². The Morgan fingerprint density at radius 1 is 1.07 bits per heavy atom. The first kappa shape index (κ1) is 17.4. The van der Waals surface area contributed by atoms with Crippen molar-refractivity contribution in [1.82, 2.24) is 14.8 Å².